The number of thiocarbonyl (C=S) groups is 1. The molecule has 0 amide bonds. The molecular weight excluding hydrogens is 384 g/mol. The molecule has 150 valence electrons. The number of hydrogen-bond acceptors (Lipinski definition) is 4. The minimum Gasteiger partial charge on any atom is -0.497 e. The average Bonchev–Trinajstić information content (AvgIpc) is 3.26. The molecule has 0 radical (unpaired) electrons. The zero-order chi connectivity index (χ0) is 20.5. The number of pyridine rings is 1. The first-order chi connectivity index (χ1) is 14.0. The van der Waals surface area contributed by atoms with Crippen molar-refractivity contribution < 1.29 is 9.47 Å². The summed E-state index contributed by atoms with van der Waals surface area (Å²) in [6.45, 7) is 2.09. The number of ether oxygens (including phenoxy) is 2. The van der Waals surface area contributed by atoms with Crippen LogP contribution in [0.25, 0.3) is 0 Å². The standard InChI is InChI=1S/C22H24N4O2S/c1-14-8-10-17(25(14)2)21-20(16-7-5-6-12-23-16)24-22(29)26(21)18-13-15(27-3)9-11-19(18)28-4/h5-13,20-21H,1-4H3,(H,24,29)/t20-,21-/m1/s1. The van der Waals surface area contributed by atoms with Crippen LogP contribution in [0.1, 0.15) is 29.2 Å². The molecule has 0 spiro atoms. The van der Waals surface area contributed by atoms with Crippen LogP contribution in [0.4, 0.5) is 5.69 Å². The normalized spacial score (nSPS) is 18.6. The summed E-state index contributed by atoms with van der Waals surface area (Å²) in [6.07, 6.45) is 1.81. The van der Waals surface area contributed by atoms with Crippen molar-refractivity contribution in [3.8, 4) is 11.5 Å². The van der Waals surface area contributed by atoms with Gasteiger partial charge in [-0.25, -0.2) is 0 Å². The summed E-state index contributed by atoms with van der Waals surface area (Å²) in [5.41, 5.74) is 4.10. The molecule has 1 saturated heterocycles. The van der Waals surface area contributed by atoms with Gasteiger partial charge in [-0.15, -0.1) is 0 Å². The Kier molecular flexibility index (Phi) is 5.15. The van der Waals surface area contributed by atoms with Crippen molar-refractivity contribution in [3.05, 3.63) is 71.8 Å². The summed E-state index contributed by atoms with van der Waals surface area (Å²) < 4.78 is 13.3. The molecule has 2 aromatic heterocycles. The zero-order valence-corrected chi connectivity index (χ0v) is 17.7. The van der Waals surface area contributed by atoms with Crippen LogP contribution < -0.4 is 19.7 Å². The molecule has 6 nitrogen and oxygen atoms in total. The SMILES string of the molecule is COc1ccc(OC)c(N2C(=S)N[C@H](c3ccccn3)[C@H]2c2ccc(C)n2C)c1. The van der Waals surface area contributed by atoms with Gasteiger partial charge in [0.1, 0.15) is 17.5 Å². The number of aromatic nitrogens is 2. The fraction of sp³-hybridized carbons (Fsp3) is 0.273. The number of anilines is 1. The molecule has 3 aromatic rings. The number of rotatable bonds is 5. The Balaban J connectivity index is 1.90. The van der Waals surface area contributed by atoms with Crippen LogP contribution in [0, 0.1) is 6.92 Å². The topological polar surface area (TPSA) is 51.6 Å². The molecule has 0 unspecified atom stereocenters. The van der Waals surface area contributed by atoms with Crippen LogP contribution in [-0.2, 0) is 7.05 Å². The minimum absolute atomic E-state index is 0.0999. The Morgan fingerprint density at radius 2 is 1.90 bits per heavy atom. The summed E-state index contributed by atoms with van der Waals surface area (Å²) >= 11 is 5.80. The predicted molar refractivity (Wildman–Crippen MR) is 118 cm³/mol. The van der Waals surface area contributed by atoms with Crippen LogP contribution in [0.3, 0.4) is 0 Å². The lowest BCUT2D eigenvalue weighted by Gasteiger charge is -2.29. The van der Waals surface area contributed by atoms with E-state index in [-0.39, 0.29) is 12.1 Å². The van der Waals surface area contributed by atoms with E-state index in [9.17, 15) is 0 Å². The third kappa shape index (κ3) is 3.31. The Labute approximate surface area is 176 Å². The van der Waals surface area contributed by atoms with Gasteiger partial charge in [-0.1, -0.05) is 6.07 Å². The quantitative estimate of drug-likeness (QED) is 0.646. The largest absolute Gasteiger partial charge is 0.497 e. The third-order valence-electron chi connectivity index (χ3n) is 5.46. The minimum atomic E-state index is -0.104. The van der Waals surface area contributed by atoms with Crippen molar-refractivity contribution in [1.82, 2.24) is 14.9 Å². The maximum Gasteiger partial charge on any atom is 0.174 e. The number of nitrogens with one attached hydrogen (secondary N) is 1. The van der Waals surface area contributed by atoms with E-state index in [1.165, 1.54) is 5.69 Å². The van der Waals surface area contributed by atoms with Crippen LogP contribution in [0.2, 0.25) is 0 Å². The Bertz CT molecular complexity index is 1030. The highest BCUT2D eigenvalue weighted by atomic mass is 32.1. The summed E-state index contributed by atoms with van der Waals surface area (Å²) in [5.74, 6) is 1.47. The molecule has 0 saturated carbocycles. The molecule has 1 aromatic carbocycles. The monoisotopic (exact) mass is 408 g/mol. The summed E-state index contributed by atoms with van der Waals surface area (Å²) in [4.78, 5) is 6.70. The molecule has 1 aliphatic heterocycles. The molecule has 7 heteroatoms. The molecule has 0 aliphatic carbocycles. The van der Waals surface area contributed by atoms with E-state index in [0.717, 1.165) is 28.6 Å². The van der Waals surface area contributed by atoms with E-state index in [0.29, 0.717) is 5.11 Å². The molecule has 3 heterocycles. The van der Waals surface area contributed by atoms with E-state index >= 15 is 0 Å². The highest BCUT2D eigenvalue weighted by Gasteiger charge is 2.43. The van der Waals surface area contributed by atoms with Gasteiger partial charge in [0.05, 0.1) is 31.6 Å². The number of nitrogens with zero attached hydrogens (tertiary/aromatic N) is 3. The fourth-order valence-electron chi connectivity index (χ4n) is 3.83. The number of benzene rings is 1. The van der Waals surface area contributed by atoms with Crippen LogP contribution >= 0.6 is 12.2 Å². The van der Waals surface area contributed by atoms with Gasteiger partial charge in [0.15, 0.2) is 5.11 Å². The van der Waals surface area contributed by atoms with E-state index < -0.39 is 0 Å². The smallest absolute Gasteiger partial charge is 0.174 e. The van der Waals surface area contributed by atoms with Crippen molar-refractivity contribution in [2.45, 2.75) is 19.0 Å². The second-order valence-electron chi connectivity index (χ2n) is 6.99. The van der Waals surface area contributed by atoms with Crippen molar-refractivity contribution in [1.29, 1.82) is 0 Å². The van der Waals surface area contributed by atoms with Crippen LogP contribution in [0.5, 0.6) is 11.5 Å². The van der Waals surface area contributed by atoms with Gasteiger partial charge in [0.2, 0.25) is 0 Å². The number of methoxy groups -OCH3 is 2. The third-order valence-corrected chi connectivity index (χ3v) is 5.77. The zero-order valence-electron chi connectivity index (χ0n) is 16.9. The predicted octanol–water partition coefficient (Wildman–Crippen LogP) is 3.92. The van der Waals surface area contributed by atoms with Gasteiger partial charge in [0, 0.05) is 30.7 Å². The molecular formula is C22H24N4O2S. The first-order valence-electron chi connectivity index (χ1n) is 9.40. The Morgan fingerprint density at radius 3 is 2.52 bits per heavy atom. The second kappa shape index (κ2) is 7.75. The highest BCUT2D eigenvalue weighted by molar-refractivity contribution is 7.80. The van der Waals surface area contributed by atoms with Crippen molar-refractivity contribution in [3.63, 3.8) is 0 Å². The summed E-state index contributed by atoms with van der Waals surface area (Å²) in [6, 6.07) is 15.7. The molecule has 2 atom stereocenters. The number of hydrogen-bond donors (Lipinski definition) is 1. The summed E-state index contributed by atoms with van der Waals surface area (Å²) in [7, 11) is 5.39. The fourth-order valence-corrected chi connectivity index (χ4v) is 4.17. The molecule has 4 rings (SSSR count). The van der Waals surface area contributed by atoms with E-state index in [1.54, 1.807) is 14.2 Å². The lowest BCUT2D eigenvalue weighted by Crippen LogP contribution is -2.30. The summed E-state index contributed by atoms with van der Waals surface area (Å²) in [5, 5.41) is 4.10. The van der Waals surface area contributed by atoms with Gasteiger partial charge in [-0.2, -0.15) is 0 Å². The molecule has 1 fully saturated rings. The van der Waals surface area contributed by atoms with E-state index in [1.807, 2.05) is 42.6 Å². The van der Waals surface area contributed by atoms with Gasteiger partial charge < -0.3 is 24.3 Å². The maximum absolute atomic E-state index is 5.80. The molecule has 1 N–H and O–H groups in total. The molecule has 0 bridgehead atoms. The van der Waals surface area contributed by atoms with Crippen LogP contribution in [0.15, 0.2) is 54.7 Å². The first kappa shape index (κ1) is 19.3. The van der Waals surface area contributed by atoms with E-state index in [2.05, 4.69) is 45.9 Å². The number of aryl methyl sites for hydroxylation is 1. The Morgan fingerprint density at radius 1 is 1.07 bits per heavy atom. The van der Waals surface area contributed by atoms with Crippen molar-refractivity contribution >= 4 is 23.0 Å². The van der Waals surface area contributed by atoms with Crippen LogP contribution in [-0.4, -0.2) is 28.9 Å². The van der Waals surface area contributed by atoms with Gasteiger partial charge in [0.25, 0.3) is 0 Å². The van der Waals surface area contributed by atoms with Crippen molar-refractivity contribution in [2.75, 3.05) is 19.1 Å². The average molecular weight is 409 g/mol. The van der Waals surface area contributed by atoms with Gasteiger partial charge >= 0.3 is 0 Å². The lowest BCUT2D eigenvalue weighted by atomic mass is 10.0. The second-order valence-corrected chi connectivity index (χ2v) is 7.38. The molecule has 1 aliphatic rings. The highest BCUT2D eigenvalue weighted by Crippen LogP contribution is 2.45. The Hall–Kier alpha value is -3.06. The lowest BCUT2D eigenvalue weighted by molar-refractivity contribution is 0.402. The van der Waals surface area contributed by atoms with Gasteiger partial charge in [-0.05, 0) is 55.5 Å². The van der Waals surface area contributed by atoms with Gasteiger partial charge in [-0.3, -0.25) is 4.98 Å². The first-order valence-corrected chi connectivity index (χ1v) is 9.81. The molecule has 29 heavy (non-hydrogen) atoms. The maximum atomic E-state index is 5.80. The van der Waals surface area contributed by atoms with E-state index in [4.69, 9.17) is 21.7 Å². The van der Waals surface area contributed by atoms with Crippen molar-refractivity contribution in [2.24, 2.45) is 7.05 Å².